The average Bonchev–Trinajstić information content (AvgIpc) is 2.67. The molecule has 0 saturated carbocycles. The molecule has 29 heavy (non-hydrogen) atoms. The molecule has 0 aliphatic rings. The number of benzene rings is 1. The number of alkyl halides is 2. The number of hydrogen-bond donors (Lipinski definition) is 0. The fraction of sp³-hybridized carbons (Fsp3) is 0.450. The van der Waals surface area contributed by atoms with Crippen LogP contribution in [-0.2, 0) is 17.8 Å². The molecule has 0 spiro atoms. The van der Waals surface area contributed by atoms with Crippen molar-refractivity contribution in [2.24, 2.45) is 0 Å². The van der Waals surface area contributed by atoms with Crippen molar-refractivity contribution in [1.82, 2.24) is 14.9 Å². The van der Waals surface area contributed by atoms with Gasteiger partial charge < -0.3 is 14.4 Å². The number of rotatable bonds is 9. The number of aromatic nitrogens is 2. The van der Waals surface area contributed by atoms with Gasteiger partial charge in [0.15, 0.2) is 16.7 Å². The molecule has 1 heterocycles. The highest BCUT2D eigenvalue weighted by Crippen LogP contribution is 2.30. The lowest BCUT2D eigenvalue weighted by atomic mass is 10.1. The summed E-state index contributed by atoms with van der Waals surface area (Å²) in [5.74, 6) is 0.116. The van der Waals surface area contributed by atoms with Gasteiger partial charge in [0.25, 0.3) is 0 Å². The molecule has 0 aliphatic carbocycles. The van der Waals surface area contributed by atoms with Crippen molar-refractivity contribution in [3.05, 3.63) is 40.7 Å². The van der Waals surface area contributed by atoms with Gasteiger partial charge in [0.1, 0.15) is 0 Å². The number of halogens is 2. The summed E-state index contributed by atoms with van der Waals surface area (Å²) in [7, 11) is 3.08. The zero-order chi connectivity index (χ0) is 21.6. The first-order chi connectivity index (χ1) is 13.7. The first-order valence-electron chi connectivity index (χ1n) is 8.99. The van der Waals surface area contributed by atoms with Gasteiger partial charge >= 0.3 is 6.61 Å². The van der Waals surface area contributed by atoms with E-state index in [1.807, 2.05) is 20.1 Å². The highest BCUT2D eigenvalue weighted by atomic mass is 32.2. The van der Waals surface area contributed by atoms with Gasteiger partial charge in [-0.1, -0.05) is 17.8 Å². The molecule has 158 valence electrons. The van der Waals surface area contributed by atoms with Gasteiger partial charge in [0, 0.05) is 31.4 Å². The van der Waals surface area contributed by atoms with Crippen LogP contribution in [-0.4, -0.2) is 47.8 Å². The summed E-state index contributed by atoms with van der Waals surface area (Å²) in [5, 5.41) is 0.723. The summed E-state index contributed by atoms with van der Waals surface area (Å²) >= 11 is 1.49. The molecule has 0 unspecified atom stereocenters. The smallest absolute Gasteiger partial charge is 0.387 e. The van der Waals surface area contributed by atoms with Gasteiger partial charge in [0.2, 0.25) is 5.91 Å². The second-order valence-electron chi connectivity index (χ2n) is 6.47. The largest absolute Gasteiger partial charge is 0.493 e. The normalized spacial score (nSPS) is 10.9. The molecule has 9 heteroatoms. The maximum absolute atomic E-state index is 12.6. The average molecular weight is 426 g/mol. The molecule has 1 amide bonds. The maximum atomic E-state index is 12.6. The van der Waals surface area contributed by atoms with E-state index in [-0.39, 0.29) is 17.4 Å². The Kier molecular flexibility index (Phi) is 8.19. The topological polar surface area (TPSA) is 64.5 Å². The molecule has 0 fully saturated rings. The fourth-order valence-electron chi connectivity index (χ4n) is 2.95. The van der Waals surface area contributed by atoms with Crippen LogP contribution in [0.2, 0.25) is 0 Å². The molecular weight excluding hydrogens is 400 g/mol. The molecule has 0 N–H and O–H groups in total. The number of nitrogens with zero attached hydrogens (tertiary/aromatic N) is 3. The van der Waals surface area contributed by atoms with Crippen LogP contribution < -0.4 is 9.47 Å². The number of aryl methyl sites for hydroxylation is 2. The van der Waals surface area contributed by atoms with Crippen molar-refractivity contribution in [3.63, 3.8) is 0 Å². The third-order valence-electron chi connectivity index (χ3n) is 4.46. The third-order valence-corrected chi connectivity index (χ3v) is 5.01. The van der Waals surface area contributed by atoms with Crippen LogP contribution >= 0.6 is 11.8 Å². The zero-order valence-electron chi connectivity index (χ0n) is 17.2. The van der Waals surface area contributed by atoms with Crippen molar-refractivity contribution < 1.29 is 23.0 Å². The standard InChI is InChI=1S/C20H25F2N3O3S/c1-12-15(13(2)24-20(23-12)29-5)7-9-18(26)25(3)11-14-6-8-16(28-19(21)22)17(10-14)27-4/h6,8,10,19H,7,9,11H2,1-5H3. The summed E-state index contributed by atoms with van der Waals surface area (Å²) in [4.78, 5) is 23.0. The summed E-state index contributed by atoms with van der Waals surface area (Å²) < 4.78 is 34.4. The van der Waals surface area contributed by atoms with Crippen molar-refractivity contribution in [2.45, 2.75) is 45.0 Å². The second-order valence-corrected chi connectivity index (χ2v) is 7.25. The van der Waals surface area contributed by atoms with Crippen molar-refractivity contribution >= 4 is 17.7 Å². The molecule has 0 radical (unpaired) electrons. The number of thioether (sulfide) groups is 1. The Balaban J connectivity index is 2.01. The van der Waals surface area contributed by atoms with Crippen LogP contribution in [0.4, 0.5) is 8.78 Å². The minimum Gasteiger partial charge on any atom is -0.493 e. The molecular formula is C20H25F2N3O3S. The Labute approximate surface area is 173 Å². The van der Waals surface area contributed by atoms with Gasteiger partial charge in [0.05, 0.1) is 7.11 Å². The Morgan fingerprint density at radius 2 is 1.86 bits per heavy atom. The van der Waals surface area contributed by atoms with E-state index in [1.165, 1.54) is 24.9 Å². The van der Waals surface area contributed by atoms with Gasteiger partial charge in [-0.2, -0.15) is 8.78 Å². The summed E-state index contributed by atoms with van der Waals surface area (Å²) in [6.07, 6.45) is 2.80. The van der Waals surface area contributed by atoms with E-state index in [2.05, 4.69) is 14.7 Å². The number of ether oxygens (including phenoxy) is 2. The summed E-state index contributed by atoms with van der Waals surface area (Å²) in [5.41, 5.74) is 3.51. The van der Waals surface area contributed by atoms with Crippen LogP contribution in [0.5, 0.6) is 11.5 Å². The molecule has 2 rings (SSSR count). The quantitative estimate of drug-likeness (QED) is 0.447. The Morgan fingerprint density at radius 3 is 2.41 bits per heavy atom. The van der Waals surface area contributed by atoms with E-state index in [1.54, 1.807) is 24.1 Å². The minimum absolute atomic E-state index is 0.0374. The number of amides is 1. The van der Waals surface area contributed by atoms with E-state index in [9.17, 15) is 13.6 Å². The van der Waals surface area contributed by atoms with Crippen LogP contribution in [0, 0.1) is 13.8 Å². The Hall–Kier alpha value is -2.42. The molecule has 1 aromatic heterocycles. The SMILES string of the molecule is COc1cc(CN(C)C(=O)CCc2c(C)nc(SC)nc2C)ccc1OC(F)F. The molecule has 0 saturated heterocycles. The van der Waals surface area contributed by atoms with Crippen LogP contribution in [0.3, 0.4) is 0 Å². The highest BCUT2D eigenvalue weighted by molar-refractivity contribution is 7.98. The first kappa shape index (κ1) is 22.9. The highest BCUT2D eigenvalue weighted by Gasteiger charge is 2.15. The number of carbonyl (C=O) groups is 1. The second kappa shape index (κ2) is 10.4. The van der Waals surface area contributed by atoms with E-state index < -0.39 is 6.61 Å². The molecule has 0 aliphatic heterocycles. The van der Waals surface area contributed by atoms with Gasteiger partial charge in [-0.25, -0.2) is 9.97 Å². The predicted octanol–water partition coefficient (Wildman–Crippen LogP) is 4.02. The number of methoxy groups -OCH3 is 1. The van der Waals surface area contributed by atoms with Crippen molar-refractivity contribution in [2.75, 3.05) is 20.4 Å². The van der Waals surface area contributed by atoms with Gasteiger partial charge in [-0.3, -0.25) is 4.79 Å². The third kappa shape index (κ3) is 6.28. The van der Waals surface area contributed by atoms with E-state index in [4.69, 9.17) is 4.74 Å². The molecule has 0 atom stereocenters. The van der Waals surface area contributed by atoms with Crippen molar-refractivity contribution in [3.8, 4) is 11.5 Å². The van der Waals surface area contributed by atoms with Gasteiger partial charge in [-0.05, 0) is 49.8 Å². The Morgan fingerprint density at radius 1 is 1.21 bits per heavy atom. The number of carbonyl (C=O) groups excluding carboxylic acids is 1. The summed E-state index contributed by atoms with van der Waals surface area (Å²) in [6, 6.07) is 4.63. The van der Waals surface area contributed by atoms with E-state index in [0.717, 1.165) is 27.7 Å². The molecule has 0 bridgehead atoms. The lowest BCUT2D eigenvalue weighted by Gasteiger charge is -2.19. The van der Waals surface area contributed by atoms with Crippen molar-refractivity contribution in [1.29, 1.82) is 0 Å². The maximum Gasteiger partial charge on any atom is 0.387 e. The first-order valence-corrected chi connectivity index (χ1v) is 10.2. The minimum atomic E-state index is -2.93. The molecule has 6 nitrogen and oxygen atoms in total. The van der Waals surface area contributed by atoms with Crippen LogP contribution in [0.1, 0.15) is 28.9 Å². The molecule has 1 aromatic carbocycles. The van der Waals surface area contributed by atoms with Gasteiger partial charge in [-0.15, -0.1) is 0 Å². The predicted molar refractivity (Wildman–Crippen MR) is 108 cm³/mol. The van der Waals surface area contributed by atoms with Crippen LogP contribution in [0.15, 0.2) is 23.4 Å². The van der Waals surface area contributed by atoms with Crippen LogP contribution in [0.25, 0.3) is 0 Å². The Bertz CT molecular complexity index is 842. The van der Waals surface area contributed by atoms with E-state index in [0.29, 0.717) is 19.4 Å². The number of hydrogen-bond acceptors (Lipinski definition) is 6. The lowest BCUT2D eigenvalue weighted by molar-refractivity contribution is -0.130. The zero-order valence-corrected chi connectivity index (χ0v) is 18.0. The molecule has 2 aromatic rings. The summed E-state index contributed by atoms with van der Waals surface area (Å²) in [6.45, 7) is 1.24. The fourth-order valence-corrected chi connectivity index (χ4v) is 3.41. The lowest BCUT2D eigenvalue weighted by Crippen LogP contribution is -2.26. The monoisotopic (exact) mass is 425 g/mol. The van der Waals surface area contributed by atoms with E-state index >= 15 is 0 Å².